The number of carbonyl (C=O) groups is 3. The predicted octanol–water partition coefficient (Wildman–Crippen LogP) is 4.86. The number of likely N-dealkylation sites (N-methyl/N-ethyl adjacent to an activating group) is 1. The normalized spacial score (nSPS) is 13.1. The van der Waals surface area contributed by atoms with Crippen molar-refractivity contribution < 1.29 is 23.9 Å². The number of thiophene rings is 1. The highest BCUT2D eigenvalue weighted by atomic mass is 32.1. The second-order valence-electron chi connectivity index (χ2n) is 7.89. The van der Waals surface area contributed by atoms with E-state index in [0.717, 1.165) is 36.1 Å². The fourth-order valence-electron chi connectivity index (χ4n) is 4.00. The first kappa shape index (κ1) is 25.5. The number of nitrogens with zero attached hydrogens (tertiary/aromatic N) is 1. The number of hydrogen-bond acceptors (Lipinski definition) is 7. The summed E-state index contributed by atoms with van der Waals surface area (Å²) in [5.41, 5.74) is 2.04. The van der Waals surface area contributed by atoms with E-state index in [0.29, 0.717) is 35.0 Å². The molecule has 0 spiro atoms. The molecule has 7 nitrogen and oxygen atoms in total. The Morgan fingerprint density at radius 1 is 1.06 bits per heavy atom. The summed E-state index contributed by atoms with van der Waals surface area (Å²) in [5, 5.41) is 3.71. The summed E-state index contributed by atoms with van der Waals surface area (Å²) >= 11 is 1.47. The van der Waals surface area contributed by atoms with Gasteiger partial charge in [0.1, 0.15) is 16.4 Å². The number of amides is 1. The van der Waals surface area contributed by atoms with E-state index in [-0.39, 0.29) is 24.0 Å². The second kappa shape index (κ2) is 11.8. The molecule has 1 heterocycles. The van der Waals surface area contributed by atoms with Crippen molar-refractivity contribution in [3.8, 4) is 5.75 Å². The van der Waals surface area contributed by atoms with Gasteiger partial charge in [-0.1, -0.05) is 0 Å². The molecule has 8 heteroatoms. The average molecular weight is 485 g/mol. The van der Waals surface area contributed by atoms with Crippen LogP contribution in [0.1, 0.15) is 64.8 Å². The van der Waals surface area contributed by atoms with Gasteiger partial charge >= 0.3 is 5.97 Å². The molecule has 34 heavy (non-hydrogen) atoms. The smallest absolute Gasteiger partial charge is 0.341 e. The minimum absolute atomic E-state index is 0.133. The van der Waals surface area contributed by atoms with Crippen LogP contribution in [0, 0.1) is 0 Å². The van der Waals surface area contributed by atoms with Gasteiger partial charge in [0.25, 0.3) is 5.91 Å². The molecule has 1 aromatic carbocycles. The largest absolute Gasteiger partial charge is 0.497 e. The van der Waals surface area contributed by atoms with E-state index < -0.39 is 5.97 Å². The molecule has 0 atom stereocenters. The van der Waals surface area contributed by atoms with E-state index in [4.69, 9.17) is 9.47 Å². The van der Waals surface area contributed by atoms with Crippen LogP contribution in [0.5, 0.6) is 5.75 Å². The minimum atomic E-state index is -0.402. The Labute approximate surface area is 204 Å². The van der Waals surface area contributed by atoms with Crippen molar-refractivity contribution in [2.45, 2.75) is 46.5 Å². The predicted molar refractivity (Wildman–Crippen MR) is 134 cm³/mol. The molecule has 1 aliphatic rings. The number of aryl methyl sites for hydroxylation is 1. The molecule has 182 valence electrons. The summed E-state index contributed by atoms with van der Waals surface area (Å²) in [6.07, 6.45) is 5.08. The number of hydrogen-bond donors (Lipinski definition) is 1. The molecule has 1 aromatic heterocycles. The molecule has 1 N–H and O–H groups in total. The first-order valence-corrected chi connectivity index (χ1v) is 12.5. The summed E-state index contributed by atoms with van der Waals surface area (Å²) < 4.78 is 10.5. The van der Waals surface area contributed by atoms with Gasteiger partial charge in [-0.3, -0.25) is 9.59 Å². The lowest BCUT2D eigenvalue weighted by atomic mass is 9.95. The third kappa shape index (κ3) is 5.67. The molecule has 1 amide bonds. The number of carbonyl (C=O) groups excluding carboxylic acids is 3. The Bertz CT molecular complexity index is 1070. The molecule has 2 aromatic rings. The van der Waals surface area contributed by atoms with Crippen molar-refractivity contribution in [3.63, 3.8) is 0 Å². The van der Waals surface area contributed by atoms with Crippen molar-refractivity contribution >= 4 is 34.0 Å². The zero-order valence-electron chi connectivity index (χ0n) is 20.2. The van der Waals surface area contributed by atoms with Crippen molar-refractivity contribution in [2.75, 3.05) is 32.1 Å². The Hall–Kier alpha value is -3.13. The minimum Gasteiger partial charge on any atom is -0.497 e. The van der Waals surface area contributed by atoms with Gasteiger partial charge in [0.15, 0.2) is 5.78 Å². The van der Waals surface area contributed by atoms with Gasteiger partial charge < -0.3 is 19.7 Å². The zero-order valence-corrected chi connectivity index (χ0v) is 21.0. The third-order valence-electron chi connectivity index (χ3n) is 5.83. The zero-order chi connectivity index (χ0) is 24.7. The Balaban J connectivity index is 2.03. The van der Waals surface area contributed by atoms with E-state index in [1.165, 1.54) is 17.4 Å². The SMILES string of the molecule is CCOC(=O)c1c(N/C(=C\C(=O)c2ccc(OC)cc2)C(=O)N(CC)CC)sc2c1CCCC2. The van der Waals surface area contributed by atoms with Crippen LogP contribution in [-0.2, 0) is 22.4 Å². The number of nitrogens with one attached hydrogen (secondary N) is 1. The maximum Gasteiger partial charge on any atom is 0.341 e. The highest BCUT2D eigenvalue weighted by molar-refractivity contribution is 7.16. The molecule has 0 unspecified atom stereocenters. The first-order chi connectivity index (χ1) is 16.4. The Morgan fingerprint density at radius 3 is 2.35 bits per heavy atom. The van der Waals surface area contributed by atoms with Gasteiger partial charge in [-0.2, -0.15) is 0 Å². The van der Waals surface area contributed by atoms with E-state index in [1.807, 2.05) is 13.8 Å². The van der Waals surface area contributed by atoms with Gasteiger partial charge in [-0.05, 0) is 76.3 Å². The molecule has 1 aliphatic carbocycles. The van der Waals surface area contributed by atoms with Crippen LogP contribution in [-0.4, -0.2) is 49.4 Å². The average Bonchev–Trinajstić information content (AvgIpc) is 3.22. The topological polar surface area (TPSA) is 84.9 Å². The Kier molecular flexibility index (Phi) is 8.87. The highest BCUT2D eigenvalue weighted by Crippen LogP contribution is 2.39. The van der Waals surface area contributed by atoms with Crippen molar-refractivity contribution in [1.29, 1.82) is 0 Å². The number of benzene rings is 1. The molecule has 0 saturated heterocycles. The second-order valence-corrected chi connectivity index (χ2v) is 8.99. The van der Waals surface area contributed by atoms with Crippen molar-refractivity contribution in [1.82, 2.24) is 4.90 Å². The number of methoxy groups -OCH3 is 1. The van der Waals surface area contributed by atoms with Crippen LogP contribution in [0.4, 0.5) is 5.00 Å². The maximum absolute atomic E-state index is 13.3. The molecule has 3 rings (SSSR count). The van der Waals surface area contributed by atoms with Crippen molar-refractivity contribution in [3.05, 3.63) is 57.6 Å². The lowest BCUT2D eigenvalue weighted by Gasteiger charge is -2.21. The standard InChI is InChI=1S/C26H32N2O5S/c1-5-28(6-2)25(30)20(16-21(29)17-12-14-18(32-4)15-13-17)27-24-23(26(31)33-7-3)19-10-8-9-11-22(19)34-24/h12-16,27H,5-11H2,1-4H3/b20-16-. The lowest BCUT2D eigenvalue weighted by Crippen LogP contribution is -2.34. The summed E-state index contributed by atoms with van der Waals surface area (Å²) in [5.74, 6) is -0.375. The maximum atomic E-state index is 13.3. The molecule has 0 fully saturated rings. The molecular formula is C26H32N2O5S. The molecule has 0 saturated carbocycles. The van der Waals surface area contributed by atoms with Gasteiger partial charge in [0, 0.05) is 29.6 Å². The van der Waals surface area contributed by atoms with Crippen LogP contribution in [0.15, 0.2) is 36.0 Å². The highest BCUT2D eigenvalue weighted by Gasteiger charge is 2.28. The number of rotatable bonds is 10. The number of esters is 1. The number of anilines is 1. The summed E-state index contributed by atoms with van der Waals surface area (Å²) in [7, 11) is 1.56. The lowest BCUT2D eigenvalue weighted by molar-refractivity contribution is -0.126. The number of ether oxygens (including phenoxy) is 2. The molecule has 0 aliphatic heterocycles. The fraction of sp³-hybridized carbons (Fsp3) is 0.423. The van der Waals surface area contributed by atoms with Gasteiger partial charge in [-0.25, -0.2) is 4.79 Å². The number of fused-ring (bicyclic) bond motifs is 1. The van der Waals surface area contributed by atoms with Crippen LogP contribution < -0.4 is 10.1 Å². The third-order valence-corrected chi connectivity index (χ3v) is 7.04. The quantitative estimate of drug-likeness (QED) is 0.295. The van der Waals surface area contributed by atoms with Gasteiger partial charge in [0.2, 0.25) is 0 Å². The van der Waals surface area contributed by atoms with Crippen LogP contribution in [0.2, 0.25) is 0 Å². The monoisotopic (exact) mass is 484 g/mol. The molecular weight excluding hydrogens is 452 g/mol. The van der Waals surface area contributed by atoms with E-state index in [2.05, 4.69) is 5.32 Å². The summed E-state index contributed by atoms with van der Waals surface area (Å²) in [4.78, 5) is 42.0. The van der Waals surface area contributed by atoms with Gasteiger partial charge in [-0.15, -0.1) is 11.3 Å². The van der Waals surface area contributed by atoms with Crippen molar-refractivity contribution in [2.24, 2.45) is 0 Å². The number of allylic oxidation sites excluding steroid dienone is 1. The van der Waals surface area contributed by atoms with Crippen LogP contribution >= 0.6 is 11.3 Å². The van der Waals surface area contributed by atoms with E-state index in [1.54, 1.807) is 43.2 Å². The Morgan fingerprint density at radius 2 is 1.74 bits per heavy atom. The van der Waals surface area contributed by atoms with E-state index >= 15 is 0 Å². The first-order valence-electron chi connectivity index (χ1n) is 11.7. The molecule has 0 bridgehead atoms. The summed E-state index contributed by atoms with van der Waals surface area (Å²) in [6, 6.07) is 6.72. The van der Waals surface area contributed by atoms with Gasteiger partial charge in [0.05, 0.1) is 19.3 Å². The summed E-state index contributed by atoms with van der Waals surface area (Å²) in [6.45, 7) is 6.80. The van der Waals surface area contributed by atoms with Crippen LogP contribution in [0.3, 0.4) is 0 Å². The molecule has 0 radical (unpaired) electrons. The fourth-order valence-corrected chi connectivity index (χ4v) is 5.29. The number of ketones is 1. The van der Waals surface area contributed by atoms with Crippen LogP contribution in [0.25, 0.3) is 0 Å². The van der Waals surface area contributed by atoms with E-state index in [9.17, 15) is 14.4 Å².